The molecule has 0 fully saturated rings. The Labute approximate surface area is 185 Å². The second-order valence-corrected chi connectivity index (χ2v) is 8.34. The Morgan fingerprint density at radius 1 is 1.06 bits per heavy atom. The highest BCUT2D eigenvalue weighted by molar-refractivity contribution is 6.30. The second kappa shape index (κ2) is 9.18. The van der Waals surface area contributed by atoms with Gasteiger partial charge in [0.05, 0.1) is 11.7 Å². The van der Waals surface area contributed by atoms with Crippen molar-refractivity contribution in [2.45, 2.75) is 31.4 Å². The van der Waals surface area contributed by atoms with Crippen molar-refractivity contribution in [2.24, 2.45) is 0 Å². The number of carbonyl (C=O) groups is 1. The number of hydrogen-bond acceptors (Lipinski definition) is 3. The summed E-state index contributed by atoms with van der Waals surface area (Å²) in [5.41, 5.74) is 4.48. The van der Waals surface area contributed by atoms with E-state index in [1.54, 1.807) is 18.2 Å². The Bertz CT molecular complexity index is 1100. The summed E-state index contributed by atoms with van der Waals surface area (Å²) in [5, 5.41) is 23.7. The highest BCUT2D eigenvalue weighted by Crippen LogP contribution is 2.29. The predicted octanol–water partition coefficient (Wildman–Crippen LogP) is 5.02. The Balaban J connectivity index is 1.46. The number of nitrogens with one attached hydrogen (secondary N) is 1. The van der Waals surface area contributed by atoms with Gasteiger partial charge in [-0.05, 0) is 71.3 Å². The van der Waals surface area contributed by atoms with Crippen molar-refractivity contribution >= 4 is 17.6 Å². The van der Waals surface area contributed by atoms with E-state index in [1.807, 2.05) is 18.2 Å². The average molecular weight is 440 g/mol. The van der Waals surface area contributed by atoms with Crippen molar-refractivity contribution in [2.75, 3.05) is 6.54 Å². The number of aryl methyl sites for hydroxylation is 1. The zero-order valence-corrected chi connectivity index (χ0v) is 17.6. The fraction of sp³-hybridized carbons (Fsp3) is 0.240. The van der Waals surface area contributed by atoms with Crippen LogP contribution in [0.3, 0.4) is 0 Å². The number of rotatable bonds is 6. The van der Waals surface area contributed by atoms with E-state index in [1.165, 1.54) is 23.3 Å². The lowest BCUT2D eigenvalue weighted by atomic mass is 9.86. The van der Waals surface area contributed by atoms with Crippen LogP contribution < -0.4 is 5.32 Å². The van der Waals surface area contributed by atoms with Gasteiger partial charge in [-0.3, -0.25) is 0 Å². The fourth-order valence-electron chi connectivity index (χ4n) is 4.06. The summed E-state index contributed by atoms with van der Waals surface area (Å²) in [6.45, 7) is 0.446. The number of aliphatic hydroxyl groups excluding tert-OH is 1. The molecule has 0 amide bonds. The molecule has 3 aromatic carbocycles. The average Bonchev–Trinajstić information content (AvgIpc) is 2.77. The third kappa shape index (κ3) is 4.96. The van der Waals surface area contributed by atoms with Crippen LogP contribution in [0.25, 0.3) is 11.1 Å². The molecule has 4 nitrogen and oxygen atoms in total. The van der Waals surface area contributed by atoms with Crippen LogP contribution in [0.4, 0.5) is 4.39 Å². The SMILES string of the molecule is O=C(O)c1cc(-c2ccc3c(c2)C[C@@H](NC[C@H](O)c2ccc(Cl)cc2)CC3)ccc1F. The third-order valence-electron chi connectivity index (χ3n) is 5.82. The first-order valence-corrected chi connectivity index (χ1v) is 10.6. The number of carboxylic acids is 1. The molecule has 0 spiro atoms. The number of hydrogen-bond donors (Lipinski definition) is 3. The molecule has 3 aromatic rings. The number of halogens is 2. The number of carboxylic acid groups (broad SMARTS) is 1. The minimum atomic E-state index is -1.28. The first kappa shape index (κ1) is 21.5. The molecule has 3 N–H and O–H groups in total. The number of aliphatic hydroxyl groups is 1. The van der Waals surface area contributed by atoms with Crippen molar-refractivity contribution < 1.29 is 19.4 Å². The predicted molar refractivity (Wildman–Crippen MR) is 119 cm³/mol. The molecule has 0 saturated carbocycles. The number of aromatic carboxylic acids is 1. The lowest BCUT2D eigenvalue weighted by Crippen LogP contribution is -2.37. The van der Waals surface area contributed by atoms with Gasteiger partial charge in [0.2, 0.25) is 0 Å². The highest BCUT2D eigenvalue weighted by Gasteiger charge is 2.20. The molecule has 6 heteroatoms. The van der Waals surface area contributed by atoms with Crippen LogP contribution >= 0.6 is 11.6 Å². The smallest absolute Gasteiger partial charge is 0.338 e. The Hall–Kier alpha value is -2.73. The van der Waals surface area contributed by atoms with Crippen LogP contribution in [0, 0.1) is 5.82 Å². The standard InChI is InChI=1S/C25H23ClFNO3/c26-20-7-3-16(4-8-20)24(29)14-28-21-9-5-15-1-2-17(11-19(15)12-21)18-6-10-23(27)22(13-18)25(30)31/h1-4,6-8,10-11,13,21,24,28-29H,5,9,12,14H2,(H,30,31)/t21-,24-/m0/s1. The van der Waals surface area contributed by atoms with Gasteiger partial charge in [0, 0.05) is 17.6 Å². The van der Waals surface area contributed by atoms with E-state index < -0.39 is 17.9 Å². The monoisotopic (exact) mass is 439 g/mol. The molecule has 0 saturated heterocycles. The largest absolute Gasteiger partial charge is 0.478 e. The fourth-order valence-corrected chi connectivity index (χ4v) is 4.19. The molecule has 1 aliphatic rings. The molecule has 4 rings (SSSR count). The maximum Gasteiger partial charge on any atom is 0.338 e. The van der Waals surface area contributed by atoms with Crippen LogP contribution in [0.15, 0.2) is 60.7 Å². The van der Waals surface area contributed by atoms with Gasteiger partial charge in [0.25, 0.3) is 0 Å². The Kier molecular flexibility index (Phi) is 6.37. The molecule has 0 heterocycles. The molecule has 0 radical (unpaired) electrons. The summed E-state index contributed by atoms with van der Waals surface area (Å²) in [4.78, 5) is 11.3. The zero-order valence-electron chi connectivity index (χ0n) is 16.8. The lowest BCUT2D eigenvalue weighted by Gasteiger charge is -2.27. The van der Waals surface area contributed by atoms with E-state index in [0.717, 1.165) is 30.4 Å². The molecular formula is C25H23ClFNO3. The molecule has 0 aliphatic heterocycles. The van der Waals surface area contributed by atoms with Crippen molar-refractivity contribution in [3.63, 3.8) is 0 Å². The van der Waals surface area contributed by atoms with Crippen molar-refractivity contribution in [3.8, 4) is 11.1 Å². The topological polar surface area (TPSA) is 69.6 Å². The van der Waals surface area contributed by atoms with Gasteiger partial charge in [-0.2, -0.15) is 0 Å². The number of benzene rings is 3. The Morgan fingerprint density at radius 3 is 2.52 bits per heavy atom. The summed E-state index contributed by atoms with van der Waals surface area (Å²) < 4.78 is 13.7. The van der Waals surface area contributed by atoms with E-state index in [-0.39, 0.29) is 11.6 Å². The minimum Gasteiger partial charge on any atom is -0.478 e. The van der Waals surface area contributed by atoms with Gasteiger partial charge in [0.1, 0.15) is 5.82 Å². The molecule has 0 aromatic heterocycles. The van der Waals surface area contributed by atoms with Crippen LogP contribution in [0.5, 0.6) is 0 Å². The first-order valence-electron chi connectivity index (χ1n) is 10.2. The van der Waals surface area contributed by atoms with E-state index in [0.29, 0.717) is 17.1 Å². The van der Waals surface area contributed by atoms with Gasteiger partial charge in [-0.1, -0.05) is 48.0 Å². The summed E-state index contributed by atoms with van der Waals surface area (Å²) in [5.74, 6) is -2.02. The highest BCUT2D eigenvalue weighted by atomic mass is 35.5. The van der Waals surface area contributed by atoms with Crippen LogP contribution in [-0.2, 0) is 12.8 Å². The van der Waals surface area contributed by atoms with Crippen molar-refractivity contribution in [1.29, 1.82) is 0 Å². The van der Waals surface area contributed by atoms with Crippen LogP contribution in [0.2, 0.25) is 5.02 Å². The van der Waals surface area contributed by atoms with Crippen LogP contribution in [-0.4, -0.2) is 28.8 Å². The van der Waals surface area contributed by atoms with Crippen molar-refractivity contribution in [1.82, 2.24) is 5.32 Å². The summed E-state index contributed by atoms with van der Waals surface area (Å²) in [7, 11) is 0. The van der Waals surface area contributed by atoms with Crippen molar-refractivity contribution in [3.05, 3.63) is 93.8 Å². The second-order valence-electron chi connectivity index (χ2n) is 7.90. The van der Waals surface area contributed by atoms with Gasteiger partial charge >= 0.3 is 5.97 Å². The molecule has 2 atom stereocenters. The minimum absolute atomic E-state index is 0.229. The van der Waals surface area contributed by atoms with Gasteiger partial charge < -0.3 is 15.5 Å². The maximum absolute atomic E-state index is 13.7. The zero-order chi connectivity index (χ0) is 22.0. The normalized spacial score (nSPS) is 16.5. The molecule has 0 unspecified atom stereocenters. The van der Waals surface area contributed by atoms with E-state index in [4.69, 9.17) is 11.6 Å². The van der Waals surface area contributed by atoms with E-state index >= 15 is 0 Å². The third-order valence-corrected chi connectivity index (χ3v) is 6.07. The quantitative estimate of drug-likeness (QED) is 0.504. The first-order chi connectivity index (χ1) is 14.9. The molecule has 1 aliphatic carbocycles. The number of fused-ring (bicyclic) bond motifs is 1. The molecule has 0 bridgehead atoms. The van der Waals surface area contributed by atoms with E-state index in [2.05, 4.69) is 17.4 Å². The summed E-state index contributed by atoms with van der Waals surface area (Å²) in [6.07, 6.45) is 2.09. The van der Waals surface area contributed by atoms with E-state index in [9.17, 15) is 19.4 Å². The summed E-state index contributed by atoms with van der Waals surface area (Å²) in [6, 6.07) is 17.7. The Morgan fingerprint density at radius 2 is 1.77 bits per heavy atom. The molecule has 31 heavy (non-hydrogen) atoms. The summed E-state index contributed by atoms with van der Waals surface area (Å²) >= 11 is 5.91. The molecule has 160 valence electrons. The lowest BCUT2D eigenvalue weighted by molar-refractivity contribution is 0.0692. The molecular weight excluding hydrogens is 417 g/mol. The maximum atomic E-state index is 13.7. The van der Waals surface area contributed by atoms with Crippen LogP contribution in [0.1, 0.15) is 39.6 Å². The van der Waals surface area contributed by atoms with Gasteiger partial charge in [-0.15, -0.1) is 0 Å². The van der Waals surface area contributed by atoms with Gasteiger partial charge in [-0.25, -0.2) is 9.18 Å². The van der Waals surface area contributed by atoms with Gasteiger partial charge in [0.15, 0.2) is 0 Å².